The van der Waals surface area contributed by atoms with Crippen LogP contribution in [0, 0.1) is 0 Å². The molecule has 3 nitrogen and oxygen atoms in total. The molecule has 0 aliphatic carbocycles. The summed E-state index contributed by atoms with van der Waals surface area (Å²) in [5, 5.41) is 4.63. The van der Waals surface area contributed by atoms with Gasteiger partial charge in [-0.25, -0.2) is 5.43 Å². The average molecular weight is 235 g/mol. The molecule has 1 N–H and O–H groups in total. The van der Waals surface area contributed by atoms with Crippen molar-refractivity contribution in [1.82, 2.24) is 5.43 Å². The lowest BCUT2D eigenvalue weighted by atomic mass is 10.0. The molecular weight excluding hydrogens is 224 g/mol. The van der Waals surface area contributed by atoms with Crippen LogP contribution in [0.5, 0.6) is 0 Å². The highest BCUT2D eigenvalue weighted by molar-refractivity contribution is 6.30. The summed E-state index contributed by atoms with van der Waals surface area (Å²) in [5.41, 5.74) is 5.24. The maximum Gasteiger partial charge on any atom is 0.244 e. The van der Waals surface area contributed by atoms with Crippen molar-refractivity contribution >= 4 is 29.3 Å². The summed E-state index contributed by atoms with van der Waals surface area (Å²) in [6, 6.07) is 7.47. The molecule has 0 aromatic heterocycles. The van der Waals surface area contributed by atoms with Gasteiger partial charge in [0, 0.05) is 5.02 Å². The van der Waals surface area contributed by atoms with Crippen LogP contribution in [0.25, 0.3) is 6.08 Å². The van der Waals surface area contributed by atoms with Crippen LogP contribution in [0.2, 0.25) is 5.02 Å². The summed E-state index contributed by atoms with van der Waals surface area (Å²) >= 11 is 5.80. The van der Waals surface area contributed by atoms with Gasteiger partial charge in [-0.1, -0.05) is 23.7 Å². The highest BCUT2D eigenvalue weighted by Gasteiger charge is 2.13. The third-order valence-corrected chi connectivity index (χ3v) is 2.63. The Kier molecular flexibility index (Phi) is 3.06. The van der Waals surface area contributed by atoms with E-state index >= 15 is 0 Å². The fraction of sp³-hybridized carbons (Fsp3) is 0.167. The van der Waals surface area contributed by atoms with E-state index in [1.54, 1.807) is 0 Å². The average Bonchev–Trinajstić information content (AvgIpc) is 2.27. The van der Waals surface area contributed by atoms with Gasteiger partial charge in [0.1, 0.15) is 0 Å². The maximum absolute atomic E-state index is 11.2. The van der Waals surface area contributed by atoms with E-state index in [1.807, 2.05) is 37.3 Å². The first-order valence-electron chi connectivity index (χ1n) is 4.95. The number of amides is 1. The van der Waals surface area contributed by atoms with Gasteiger partial charge in [0.05, 0.1) is 12.1 Å². The summed E-state index contributed by atoms with van der Waals surface area (Å²) in [7, 11) is 0. The molecule has 0 spiro atoms. The van der Waals surface area contributed by atoms with Crippen LogP contribution in [-0.2, 0) is 4.79 Å². The van der Waals surface area contributed by atoms with Crippen LogP contribution in [0.4, 0.5) is 0 Å². The van der Waals surface area contributed by atoms with E-state index in [0.29, 0.717) is 11.4 Å². The van der Waals surface area contributed by atoms with Crippen molar-refractivity contribution in [3.05, 3.63) is 40.4 Å². The van der Waals surface area contributed by atoms with E-state index in [0.717, 1.165) is 16.8 Å². The van der Waals surface area contributed by atoms with E-state index in [1.165, 1.54) is 0 Å². The molecule has 0 radical (unpaired) electrons. The lowest BCUT2D eigenvalue weighted by Crippen LogP contribution is -2.26. The van der Waals surface area contributed by atoms with E-state index < -0.39 is 0 Å². The Morgan fingerprint density at radius 2 is 2.06 bits per heavy atom. The zero-order chi connectivity index (χ0) is 11.5. The molecule has 2 rings (SSSR count). The predicted octanol–water partition coefficient (Wildman–Crippen LogP) is 2.62. The maximum atomic E-state index is 11.2. The first-order chi connectivity index (χ1) is 7.65. The molecular formula is C12H11ClN2O. The van der Waals surface area contributed by atoms with Gasteiger partial charge >= 0.3 is 0 Å². The van der Waals surface area contributed by atoms with Crippen molar-refractivity contribution in [3.8, 4) is 0 Å². The van der Waals surface area contributed by atoms with Crippen LogP contribution in [0.15, 0.2) is 34.9 Å². The fourth-order valence-corrected chi connectivity index (χ4v) is 1.60. The molecule has 0 unspecified atom stereocenters. The Morgan fingerprint density at radius 3 is 2.75 bits per heavy atom. The molecule has 4 heteroatoms. The molecule has 0 atom stereocenters. The second kappa shape index (κ2) is 4.49. The molecule has 0 fully saturated rings. The summed E-state index contributed by atoms with van der Waals surface area (Å²) in [6.45, 7) is 1.88. The van der Waals surface area contributed by atoms with E-state index in [-0.39, 0.29) is 5.91 Å². The molecule has 1 heterocycles. The van der Waals surface area contributed by atoms with Crippen LogP contribution in [-0.4, -0.2) is 11.6 Å². The minimum atomic E-state index is -0.0780. The zero-order valence-corrected chi connectivity index (χ0v) is 9.58. The summed E-state index contributed by atoms with van der Waals surface area (Å²) < 4.78 is 0. The normalized spacial score (nSPS) is 18.2. The number of hydrazone groups is 1. The Labute approximate surface area is 98.8 Å². The first-order valence-corrected chi connectivity index (χ1v) is 5.32. The van der Waals surface area contributed by atoms with Crippen molar-refractivity contribution in [2.45, 2.75) is 13.3 Å². The Bertz CT molecular complexity index is 474. The number of hydrogen-bond acceptors (Lipinski definition) is 2. The van der Waals surface area contributed by atoms with Crippen molar-refractivity contribution < 1.29 is 4.79 Å². The van der Waals surface area contributed by atoms with Gasteiger partial charge in [0.2, 0.25) is 5.91 Å². The van der Waals surface area contributed by atoms with Gasteiger partial charge < -0.3 is 0 Å². The van der Waals surface area contributed by atoms with Crippen LogP contribution < -0.4 is 5.43 Å². The van der Waals surface area contributed by atoms with E-state index in [9.17, 15) is 4.79 Å². The van der Waals surface area contributed by atoms with E-state index in [2.05, 4.69) is 10.5 Å². The number of benzene rings is 1. The molecule has 0 saturated heterocycles. The number of rotatable bonds is 1. The fourth-order valence-electron chi connectivity index (χ4n) is 1.47. The van der Waals surface area contributed by atoms with Crippen molar-refractivity contribution in [3.63, 3.8) is 0 Å². The number of carbonyl (C=O) groups is 1. The Hall–Kier alpha value is -1.61. The first kappa shape index (κ1) is 10.9. The number of nitrogens with one attached hydrogen (secondary N) is 1. The van der Waals surface area contributed by atoms with Gasteiger partial charge in [0.15, 0.2) is 0 Å². The summed E-state index contributed by atoms with van der Waals surface area (Å²) in [5.74, 6) is -0.0780. The highest BCUT2D eigenvalue weighted by Crippen LogP contribution is 2.16. The number of halogens is 1. The number of carbonyl (C=O) groups excluding carboxylic acids is 1. The van der Waals surface area contributed by atoms with Crippen LogP contribution >= 0.6 is 11.6 Å². The highest BCUT2D eigenvalue weighted by atomic mass is 35.5. The van der Waals surface area contributed by atoms with Crippen LogP contribution in [0.1, 0.15) is 18.9 Å². The SMILES string of the molecule is CC1=NNC(=O)CC1=Cc1ccc(Cl)cc1. The van der Waals surface area contributed by atoms with Crippen molar-refractivity contribution in [1.29, 1.82) is 0 Å². The molecule has 82 valence electrons. The number of hydrogen-bond donors (Lipinski definition) is 1. The second-order valence-electron chi connectivity index (χ2n) is 3.63. The second-order valence-corrected chi connectivity index (χ2v) is 4.07. The van der Waals surface area contributed by atoms with Gasteiger partial charge in [-0.05, 0) is 36.3 Å². The summed E-state index contributed by atoms with van der Waals surface area (Å²) in [4.78, 5) is 11.2. The topological polar surface area (TPSA) is 41.5 Å². The molecule has 0 saturated carbocycles. The molecule has 1 aromatic rings. The molecule has 1 aromatic carbocycles. The largest absolute Gasteiger partial charge is 0.273 e. The van der Waals surface area contributed by atoms with Crippen molar-refractivity contribution in [2.24, 2.45) is 5.10 Å². The minimum Gasteiger partial charge on any atom is -0.273 e. The monoisotopic (exact) mass is 234 g/mol. The Balaban J connectivity index is 2.29. The smallest absolute Gasteiger partial charge is 0.244 e. The number of nitrogens with zero attached hydrogens (tertiary/aromatic N) is 1. The van der Waals surface area contributed by atoms with Gasteiger partial charge in [-0.2, -0.15) is 5.10 Å². The molecule has 1 aliphatic rings. The lowest BCUT2D eigenvalue weighted by Gasteiger charge is -2.12. The third-order valence-electron chi connectivity index (χ3n) is 2.37. The zero-order valence-electron chi connectivity index (χ0n) is 8.83. The third kappa shape index (κ3) is 2.49. The standard InChI is InChI=1S/C12H11ClN2O/c1-8-10(7-12(16)15-14-8)6-9-2-4-11(13)5-3-9/h2-6H,7H2,1H3,(H,15,16). The summed E-state index contributed by atoms with van der Waals surface area (Å²) in [6.07, 6.45) is 2.33. The quantitative estimate of drug-likeness (QED) is 0.798. The van der Waals surface area contributed by atoms with E-state index in [4.69, 9.17) is 11.6 Å². The minimum absolute atomic E-state index is 0.0780. The van der Waals surface area contributed by atoms with Gasteiger partial charge in [-0.3, -0.25) is 4.79 Å². The molecule has 1 amide bonds. The lowest BCUT2D eigenvalue weighted by molar-refractivity contribution is -0.120. The van der Waals surface area contributed by atoms with Crippen LogP contribution in [0.3, 0.4) is 0 Å². The molecule has 1 aliphatic heterocycles. The van der Waals surface area contributed by atoms with Gasteiger partial charge in [-0.15, -0.1) is 0 Å². The Morgan fingerprint density at radius 1 is 1.38 bits per heavy atom. The predicted molar refractivity (Wildman–Crippen MR) is 65.3 cm³/mol. The van der Waals surface area contributed by atoms with Crippen molar-refractivity contribution in [2.75, 3.05) is 0 Å². The van der Waals surface area contributed by atoms with Gasteiger partial charge in [0.25, 0.3) is 0 Å². The molecule has 16 heavy (non-hydrogen) atoms. The molecule has 0 bridgehead atoms.